The lowest BCUT2D eigenvalue weighted by Crippen LogP contribution is -2.27. The molecule has 142 valence electrons. The van der Waals surface area contributed by atoms with Crippen molar-refractivity contribution in [3.63, 3.8) is 0 Å². The lowest BCUT2D eigenvalue weighted by atomic mass is 10.1. The summed E-state index contributed by atoms with van der Waals surface area (Å²) in [4.78, 5) is 19.7. The highest BCUT2D eigenvalue weighted by Crippen LogP contribution is 2.24. The van der Waals surface area contributed by atoms with Crippen LogP contribution in [0.4, 0.5) is 4.39 Å². The van der Waals surface area contributed by atoms with Gasteiger partial charge in [0.1, 0.15) is 5.82 Å². The number of H-pyrrole nitrogens is 1. The quantitative estimate of drug-likeness (QED) is 0.537. The number of aromatic nitrogens is 3. The van der Waals surface area contributed by atoms with Gasteiger partial charge in [0, 0.05) is 29.6 Å². The number of hydrogen-bond donors (Lipinski definition) is 2. The Morgan fingerprint density at radius 2 is 2.00 bits per heavy atom. The molecule has 2 aromatic carbocycles. The number of aryl methyl sites for hydroxylation is 1. The molecular weight excluding hydrogens is 359 g/mol. The molecule has 0 fully saturated rings. The van der Waals surface area contributed by atoms with Crippen LogP contribution in [0.5, 0.6) is 0 Å². The number of nitrogens with one attached hydrogen (secondary N) is 2. The maximum absolute atomic E-state index is 13.9. The van der Waals surface area contributed by atoms with Crippen LogP contribution in [-0.2, 0) is 17.6 Å². The summed E-state index contributed by atoms with van der Waals surface area (Å²) in [6.07, 6.45) is 0.639. The Hall–Kier alpha value is -3.48. The number of halogens is 1. The predicted molar refractivity (Wildman–Crippen MR) is 103 cm³/mol. The van der Waals surface area contributed by atoms with Gasteiger partial charge in [0.15, 0.2) is 5.82 Å². The number of fused-ring (bicyclic) bond motifs is 1. The summed E-state index contributed by atoms with van der Waals surface area (Å²) in [6, 6.07) is 14.4. The van der Waals surface area contributed by atoms with Crippen LogP contribution in [-0.4, -0.2) is 27.6 Å². The van der Waals surface area contributed by atoms with Crippen molar-refractivity contribution in [1.29, 1.82) is 0 Å². The van der Waals surface area contributed by atoms with Gasteiger partial charge in [-0.1, -0.05) is 35.5 Å². The van der Waals surface area contributed by atoms with Crippen molar-refractivity contribution < 1.29 is 13.7 Å². The molecule has 2 N–H and O–H groups in total. The Labute approximate surface area is 160 Å². The van der Waals surface area contributed by atoms with Crippen molar-refractivity contribution in [2.24, 2.45) is 0 Å². The Kier molecular flexibility index (Phi) is 4.89. The van der Waals surface area contributed by atoms with Crippen LogP contribution in [0.3, 0.4) is 0 Å². The minimum Gasteiger partial charge on any atom is -0.356 e. The predicted octanol–water partition coefficient (Wildman–Crippen LogP) is 3.57. The van der Waals surface area contributed by atoms with Crippen molar-refractivity contribution in [2.45, 2.75) is 19.8 Å². The third kappa shape index (κ3) is 3.64. The molecule has 6 nitrogen and oxygen atoms in total. The number of para-hydroxylation sites is 1. The van der Waals surface area contributed by atoms with Gasteiger partial charge in [0.2, 0.25) is 5.91 Å². The van der Waals surface area contributed by atoms with E-state index in [-0.39, 0.29) is 18.1 Å². The first kappa shape index (κ1) is 17.9. The van der Waals surface area contributed by atoms with Crippen LogP contribution in [0.1, 0.15) is 17.1 Å². The Bertz CT molecular complexity index is 1120. The van der Waals surface area contributed by atoms with Gasteiger partial charge >= 0.3 is 0 Å². The van der Waals surface area contributed by atoms with E-state index in [1.165, 1.54) is 6.07 Å². The zero-order chi connectivity index (χ0) is 19.5. The minimum absolute atomic E-state index is 0.139. The summed E-state index contributed by atoms with van der Waals surface area (Å²) in [5.74, 6) is 0.529. The molecule has 1 amide bonds. The molecule has 7 heteroatoms. The summed E-state index contributed by atoms with van der Waals surface area (Å²) in [5, 5.41) is 7.54. The average molecular weight is 378 g/mol. The van der Waals surface area contributed by atoms with Gasteiger partial charge in [0.05, 0.1) is 11.9 Å². The second-order valence-corrected chi connectivity index (χ2v) is 6.55. The Morgan fingerprint density at radius 1 is 1.18 bits per heavy atom. The summed E-state index contributed by atoms with van der Waals surface area (Å²) in [7, 11) is 0. The molecule has 2 heterocycles. The van der Waals surface area contributed by atoms with Crippen molar-refractivity contribution in [3.8, 4) is 11.5 Å². The van der Waals surface area contributed by atoms with Gasteiger partial charge in [0.25, 0.3) is 5.89 Å². The van der Waals surface area contributed by atoms with Gasteiger partial charge in [-0.25, -0.2) is 4.39 Å². The summed E-state index contributed by atoms with van der Waals surface area (Å²) in [5.41, 5.74) is 2.88. The van der Waals surface area contributed by atoms with Crippen LogP contribution in [0.15, 0.2) is 53.1 Å². The molecule has 4 rings (SSSR count). The molecule has 28 heavy (non-hydrogen) atoms. The molecule has 0 unspecified atom stereocenters. The lowest BCUT2D eigenvalue weighted by Gasteiger charge is -2.04. The number of nitrogens with zero attached hydrogens (tertiary/aromatic N) is 2. The largest absolute Gasteiger partial charge is 0.356 e. The molecule has 0 saturated carbocycles. The fourth-order valence-electron chi connectivity index (χ4n) is 3.19. The molecule has 4 aromatic rings. The standard InChI is InChI=1S/C21H19FN4O2/c1-13-16(15-8-5-9-17(22)20(15)24-13)12-19(27)23-11-10-18-25-21(28-26-18)14-6-3-2-4-7-14/h2-9,24H,10-12H2,1H3,(H,23,27). The molecule has 0 bridgehead atoms. The van der Waals surface area contributed by atoms with Crippen molar-refractivity contribution in [3.05, 3.63) is 71.4 Å². The molecule has 0 spiro atoms. The lowest BCUT2D eigenvalue weighted by molar-refractivity contribution is -0.120. The molecule has 0 atom stereocenters. The number of hydrogen-bond acceptors (Lipinski definition) is 4. The second kappa shape index (κ2) is 7.64. The van der Waals surface area contributed by atoms with E-state index in [4.69, 9.17) is 4.52 Å². The molecule has 2 aromatic heterocycles. The monoisotopic (exact) mass is 378 g/mol. The number of benzene rings is 2. The Balaban J connectivity index is 1.35. The fraction of sp³-hybridized carbons (Fsp3) is 0.190. The fourth-order valence-corrected chi connectivity index (χ4v) is 3.19. The number of carbonyl (C=O) groups excluding carboxylic acids is 1. The maximum atomic E-state index is 13.9. The van der Waals surface area contributed by atoms with E-state index in [1.807, 2.05) is 43.3 Å². The summed E-state index contributed by atoms with van der Waals surface area (Å²) in [6.45, 7) is 2.23. The summed E-state index contributed by atoms with van der Waals surface area (Å²) >= 11 is 0. The maximum Gasteiger partial charge on any atom is 0.257 e. The second-order valence-electron chi connectivity index (χ2n) is 6.55. The highest BCUT2D eigenvalue weighted by atomic mass is 19.1. The molecule has 0 aliphatic rings. The SMILES string of the molecule is Cc1[nH]c2c(F)cccc2c1CC(=O)NCCc1noc(-c2ccccc2)n1. The molecule has 0 aliphatic carbocycles. The van der Waals surface area contributed by atoms with Gasteiger partial charge in [-0.2, -0.15) is 4.98 Å². The number of carbonyl (C=O) groups is 1. The highest BCUT2D eigenvalue weighted by molar-refractivity contribution is 5.90. The molecule has 0 aliphatic heterocycles. The normalized spacial score (nSPS) is 11.1. The minimum atomic E-state index is -0.321. The zero-order valence-electron chi connectivity index (χ0n) is 15.3. The number of aromatic amines is 1. The zero-order valence-corrected chi connectivity index (χ0v) is 15.3. The third-order valence-corrected chi connectivity index (χ3v) is 4.60. The average Bonchev–Trinajstić information content (AvgIpc) is 3.29. The first-order valence-corrected chi connectivity index (χ1v) is 9.02. The summed E-state index contributed by atoms with van der Waals surface area (Å²) < 4.78 is 19.1. The van der Waals surface area contributed by atoms with Gasteiger partial charge in [-0.15, -0.1) is 0 Å². The highest BCUT2D eigenvalue weighted by Gasteiger charge is 2.15. The van der Waals surface area contributed by atoms with Gasteiger partial charge in [-0.3, -0.25) is 4.79 Å². The molecule has 0 radical (unpaired) electrons. The van der Waals surface area contributed by atoms with Crippen molar-refractivity contribution >= 4 is 16.8 Å². The molecule has 0 saturated heterocycles. The van der Waals surface area contributed by atoms with Gasteiger partial charge < -0.3 is 14.8 Å². The first-order chi connectivity index (χ1) is 13.6. The van der Waals surface area contributed by atoms with E-state index < -0.39 is 0 Å². The smallest absolute Gasteiger partial charge is 0.257 e. The van der Waals surface area contributed by atoms with Gasteiger partial charge in [-0.05, 0) is 30.7 Å². The Morgan fingerprint density at radius 3 is 2.82 bits per heavy atom. The van der Waals surface area contributed by atoms with Crippen molar-refractivity contribution in [2.75, 3.05) is 6.54 Å². The van der Waals surface area contributed by atoms with Crippen molar-refractivity contribution in [1.82, 2.24) is 20.4 Å². The van der Waals surface area contributed by atoms with Crippen LogP contribution >= 0.6 is 0 Å². The van der Waals surface area contributed by atoms with Crippen LogP contribution in [0.25, 0.3) is 22.4 Å². The van der Waals surface area contributed by atoms with Crippen LogP contribution in [0, 0.1) is 12.7 Å². The van der Waals surface area contributed by atoms with Crippen LogP contribution < -0.4 is 5.32 Å². The van der Waals surface area contributed by atoms with Crippen LogP contribution in [0.2, 0.25) is 0 Å². The van der Waals surface area contributed by atoms with E-state index in [9.17, 15) is 9.18 Å². The van der Waals surface area contributed by atoms with E-state index in [0.717, 1.165) is 22.2 Å². The first-order valence-electron chi connectivity index (χ1n) is 9.02. The molecular formula is C21H19FN4O2. The van der Waals surface area contributed by atoms with E-state index in [2.05, 4.69) is 20.4 Å². The van der Waals surface area contributed by atoms with E-state index >= 15 is 0 Å². The van der Waals surface area contributed by atoms with E-state index in [1.54, 1.807) is 6.07 Å². The topological polar surface area (TPSA) is 83.8 Å². The van der Waals surface area contributed by atoms with E-state index in [0.29, 0.717) is 30.2 Å². The third-order valence-electron chi connectivity index (χ3n) is 4.60. The number of rotatable bonds is 6. The number of amides is 1.